The number of hydrogen-bond donors (Lipinski definition) is 2. The summed E-state index contributed by atoms with van der Waals surface area (Å²) in [6.45, 7) is 6.28. The van der Waals surface area contributed by atoms with Gasteiger partial charge in [0.2, 0.25) is 0 Å². The second-order valence-corrected chi connectivity index (χ2v) is 10.9. The molecule has 0 spiro atoms. The molecular formula is C28H38ClN3O3. The zero-order chi connectivity index (χ0) is 25.6. The largest absolute Gasteiger partial charge is 0.512 e. The van der Waals surface area contributed by atoms with Crippen molar-refractivity contribution in [3.63, 3.8) is 0 Å². The van der Waals surface area contributed by atoms with E-state index >= 15 is 0 Å². The van der Waals surface area contributed by atoms with E-state index in [2.05, 4.69) is 17.1 Å². The van der Waals surface area contributed by atoms with Crippen LogP contribution in [0.3, 0.4) is 0 Å². The molecule has 1 heterocycles. The van der Waals surface area contributed by atoms with Crippen LogP contribution in [0.1, 0.15) is 78.6 Å². The molecule has 0 saturated heterocycles. The van der Waals surface area contributed by atoms with E-state index in [1.807, 2.05) is 26.8 Å². The fraction of sp³-hybridized carbons (Fsp3) is 0.607. The van der Waals surface area contributed by atoms with Gasteiger partial charge in [-0.1, -0.05) is 36.6 Å². The van der Waals surface area contributed by atoms with Crippen molar-refractivity contribution >= 4 is 23.8 Å². The van der Waals surface area contributed by atoms with Crippen molar-refractivity contribution < 1.29 is 14.6 Å². The number of hydrogen-bond acceptors (Lipinski definition) is 6. The predicted octanol–water partition coefficient (Wildman–Crippen LogP) is 6.40. The minimum absolute atomic E-state index is 0.104. The van der Waals surface area contributed by atoms with E-state index < -0.39 is 17.0 Å². The van der Waals surface area contributed by atoms with Crippen LogP contribution in [0.2, 0.25) is 0 Å². The van der Waals surface area contributed by atoms with Crippen molar-refractivity contribution in [2.45, 2.75) is 84.2 Å². The average Bonchev–Trinajstić information content (AvgIpc) is 3.38. The highest BCUT2D eigenvalue weighted by Gasteiger charge is 2.48. The fourth-order valence-electron chi connectivity index (χ4n) is 5.52. The molecule has 2 aliphatic carbocycles. The third-order valence-corrected chi connectivity index (χ3v) is 7.98. The number of nitrogens with two attached hydrogens (primary N) is 1. The van der Waals surface area contributed by atoms with Crippen LogP contribution in [0.4, 0.5) is 0 Å². The molecule has 3 N–H and O–H groups in total. The molecule has 2 unspecified atom stereocenters. The number of aliphatic hydroxyl groups excluding tert-OH is 1. The van der Waals surface area contributed by atoms with Gasteiger partial charge in [0.05, 0.1) is 17.1 Å². The number of halogens is 1. The molecule has 3 rings (SSSR count). The monoisotopic (exact) mass is 499 g/mol. The van der Waals surface area contributed by atoms with Gasteiger partial charge >= 0.3 is 5.97 Å². The standard InChI is InChI=1S/C28H38ClN3O3/c1-4-32-17-20(16-30)13-22-25(33)15-28(35-26(22)34,21-7-5-6-8-21)12-11-19-9-10-23(24(29)14-19)27(2,3)18-31/h10,14,16-17,19,21,33H,4-9,11-13,15,30H2,1-3H3. The molecule has 0 aromatic rings. The lowest BCUT2D eigenvalue weighted by Gasteiger charge is -2.42. The summed E-state index contributed by atoms with van der Waals surface area (Å²) in [5.41, 5.74) is 6.18. The molecule has 1 saturated carbocycles. The van der Waals surface area contributed by atoms with Crippen molar-refractivity contribution in [3.8, 4) is 6.07 Å². The van der Waals surface area contributed by atoms with E-state index in [0.29, 0.717) is 30.0 Å². The number of aliphatic hydroxyl groups is 1. The summed E-state index contributed by atoms with van der Waals surface area (Å²) < 4.78 is 6.22. The number of nitrogens with zero attached hydrogens (tertiary/aromatic N) is 2. The number of ether oxygens (including phenoxy) is 1. The number of cyclic esters (lactones) is 1. The van der Waals surface area contributed by atoms with Crippen molar-refractivity contribution in [2.75, 3.05) is 6.54 Å². The molecule has 2 atom stereocenters. The zero-order valence-electron chi connectivity index (χ0n) is 21.1. The molecule has 1 fully saturated rings. The lowest BCUT2D eigenvalue weighted by molar-refractivity contribution is -0.168. The third-order valence-electron chi connectivity index (χ3n) is 7.65. The zero-order valence-corrected chi connectivity index (χ0v) is 21.9. The number of allylic oxidation sites excluding steroid dienone is 5. The second-order valence-electron chi connectivity index (χ2n) is 10.5. The molecular weight excluding hydrogens is 462 g/mol. The summed E-state index contributed by atoms with van der Waals surface area (Å²) in [6, 6.07) is 2.32. The van der Waals surface area contributed by atoms with Crippen LogP contribution in [-0.4, -0.2) is 29.4 Å². The maximum absolute atomic E-state index is 13.2. The van der Waals surface area contributed by atoms with Crippen LogP contribution < -0.4 is 5.73 Å². The number of aliphatic imine (C=N–C) groups is 1. The van der Waals surface area contributed by atoms with Gasteiger partial charge in [0.15, 0.2) is 0 Å². The minimum atomic E-state index is -0.707. The number of nitriles is 1. The van der Waals surface area contributed by atoms with Gasteiger partial charge in [0.25, 0.3) is 0 Å². The molecule has 190 valence electrons. The summed E-state index contributed by atoms with van der Waals surface area (Å²) >= 11 is 6.57. The maximum atomic E-state index is 13.2. The number of carbonyl (C=O) groups is 1. The van der Waals surface area contributed by atoms with E-state index in [1.54, 1.807) is 6.21 Å². The lowest BCUT2D eigenvalue weighted by Crippen LogP contribution is -2.46. The van der Waals surface area contributed by atoms with Gasteiger partial charge in [-0.3, -0.25) is 4.99 Å². The SMILES string of the molecule is CCN=CC(=CN)CC1=C(O)CC(CCC2C=C(Cl)C(C(C)(C)C#N)=CC2)(C2CCCC2)OC1=O. The topological polar surface area (TPSA) is 109 Å². The van der Waals surface area contributed by atoms with E-state index in [0.717, 1.165) is 44.1 Å². The van der Waals surface area contributed by atoms with Crippen LogP contribution in [-0.2, 0) is 9.53 Å². The molecule has 0 bridgehead atoms. The van der Waals surface area contributed by atoms with Gasteiger partial charge in [-0.15, -0.1) is 0 Å². The Balaban J connectivity index is 1.78. The van der Waals surface area contributed by atoms with Gasteiger partial charge in [-0.25, -0.2) is 4.79 Å². The highest BCUT2D eigenvalue weighted by Crippen LogP contribution is 2.47. The van der Waals surface area contributed by atoms with Crippen LogP contribution in [0.25, 0.3) is 0 Å². The molecule has 7 heteroatoms. The molecule has 0 aromatic carbocycles. The van der Waals surface area contributed by atoms with Gasteiger partial charge in [-0.2, -0.15) is 5.26 Å². The Hall–Kier alpha value is -2.52. The molecule has 0 radical (unpaired) electrons. The first kappa shape index (κ1) is 27.1. The van der Waals surface area contributed by atoms with Crippen LogP contribution in [0, 0.1) is 28.6 Å². The van der Waals surface area contributed by atoms with Crippen molar-refractivity contribution in [3.05, 3.63) is 45.9 Å². The van der Waals surface area contributed by atoms with Crippen molar-refractivity contribution in [1.29, 1.82) is 5.26 Å². The summed E-state index contributed by atoms with van der Waals surface area (Å²) in [4.78, 5) is 17.4. The normalized spacial score (nSPS) is 26.5. The predicted molar refractivity (Wildman–Crippen MR) is 140 cm³/mol. The summed E-state index contributed by atoms with van der Waals surface area (Å²) in [5.74, 6) is 0.0721. The fourth-order valence-corrected chi connectivity index (χ4v) is 6.02. The third kappa shape index (κ3) is 6.19. The summed E-state index contributed by atoms with van der Waals surface area (Å²) in [5, 5.41) is 21.1. The highest BCUT2D eigenvalue weighted by atomic mass is 35.5. The Kier molecular flexibility index (Phi) is 8.88. The Labute approximate surface area is 214 Å². The van der Waals surface area contributed by atoms with Gasteiger partial charge in [-0.05, 0) is 82.1 Å². The lowest BCUT2D eigenvalue weighted by atomic mass is 9.74. The Bertz CT molecular complexity index is 1010. The number of esters is 1. The van der Waals surface area contributed by atoms with E-state index in [4.69, 9.17) is 22.1 Å². The Morgan fingerprint density at radius 2 is 2.14 bits per heavy atom. The van der Waals surface area contributed by atoms with E-state index in [1.165, 1.54) is 6.20 Å². The highest BCUT2D eigenvalue weighted by molar-refractivity contribution is 6.32. The van der Waals surface area contributed by atoms with Gasteiger partial charge in [0.1, 0.15) is 11.4 Å². The smallest absolute Gasteiger partial charge is 0.338 e. The van der Waals surface area contributed by atoms with Gasteiger partial charge in [0, 0.05) is 30.6 Å². The maximum Gasteiger partial charge on any atom is 0.338 e. The summed E-state index contributed by atoms with van der Waals surface area (Å²) in [6.07, 6.45) is 14.1. The molecule has 3 aliphatic rings. The second kappa shape index (κ2) is 11.5. The van der Waals surface area contributed by atoms with Crippen LogP contribution >= 0.6 is 11.6 Å². The quantitative estimate of drug-likeness (QED) is 0.282. The van der Waals surface area contributed by atoms with Gasteiger partial charge < -0.3 is 15.6 Å². The molecule has 0 amide bonds. The van der Waals surface area contributed by atoms with E-state index in [-0.39, 0.29) is 29.6 Å². The number of rotatable bonds is 9. The molecule has 35 heavy (non-hydrogen) atoms. The summed E-state index contributed by atoms with van der Waals surface area (Å²) in [7, 11) is 0. The Morgan fingerprint density at radius 1 is 1.43 bits per heavy atom. The van der Waals surface area contributed by atoms with Crippen molar-refractivity contribution in [2.24, 2.45) is 28.0 Å². The van der Waals surface area contributed by atoms with Crippen molar-refractivity contribution in [1.82, 2.24) is 0 Å². The first-order valence-electron chi connectivity index (χ1n) is 12.7. The Morgan fingerprint density at radius 3 is 2.71 bits per heavy atom. The minimum Gasteiger partial charge on any atom is -0.512 e. The molecule has 6 nitrogen and oxygen atoms in total. The van der Waals surface area contributed by atoms with Crippen LogP contribution in [0.15, 0.2) is 50.9 Å². The first-order valence-corrected chi connectivity index (χ1v) is 13.1. The molecule has 0 aromatic heterocycles. The van der Waals surface area contributed by atoms with E-state index in [9.17, 15) is 15.2 Å². The molecule has 1 aliphatic heterocycles. The average molecular weight is 500 g/mol. The first-order chi connectivity index (χ1) is 16.7. The van der Waals surface area contributed by atoms with Crippen LogP contribution in [0.5, 0.6) is 0 Å². The number of carbonyl (C=O) groups excluding carboxylic acids is 1.